The Morgan fingerprint density at radius 3 is 2.42 bits per heavy atom. The maximum absolute atomic E-state index is 12.6. The van der Waals surface area contributed by atoms with Gasteiger partial charge < -0.3 is 9.47 Å². The second-order valence-electron chi connectivity index (χ2n) is 3.06. The number of pyridine rings is 1. The van der Waals surface area contributed by atoms with Crippen molar-refractivity contribution in [2.75, 3.05) is 7.11 Å². The van der Waals surface area contributed by atoms with Crippen LogP contribution in [0.15, 0.2) is 6.07 Å². The highest BCUT2D eigenvalue weighted by Gasteiger charge is 2.35. The van der Waals surface area contributed by atoms with Crippen LogP contribution in [-0.4, -0.2) is 24.4 Å². The van der Waals surface area contributed by atoms with Crippen LogP contribution in [0.3, 0.4) is 0 Å². The Morgan fingerprint density at radius 2 is 2.00 bits per heavy atom. The summed E-state index contributed by atoms with van der Waals surface area (Å²) in [5.74, 6) is -2.39. The van der Waals surface area contributed by atoms with Gasteiger partial charge in [-0.05, 0) is 28.7 Å². The summed E-state index contributed by atoms with van der Waals surface area (Å²) in [6.45, 7) is 0. The Labute approximate surface area is 117 Å². The number of hydrogen-bond acceptors (Lipinski definition) is 4. The zero-order valence-electron chi connectivity index (χ0n) is 9.09. The second-order valence-corrected chi connectivity index (χ2v) is 4.08. The number of aromatic nitrogens is 1. The van der Waals surface area contributed by atoms with Crippen molar-refractivity contribution in [2.24, 2.45) is 0 Å². The van der Waals surface area contributed by atoms with E-state index in [4.69, 9.17) is 0 Å². The molecule has 0 atom stereocenters. The van der Waals surface area contributed by atoms with Gasteiger partial charge in [0.2, 0.25) is 5.88 Å². The fraction of sp³-hybridized carbons (Fsp3) is 0.333. The lowest BCUT2D eigenvalue weighted by atomic mass is 10.2. The van der Waals surface area contributed by atoms with Gasteiger partial charge in [0.15, 0.2) is 0 Å². The van der Waals surface area contributed by atoms with Gasteiger partial charge in [-0.2, -0.15) is 0 Å². The van der Waals surface area contributed by atoms with Crippen molar-refractivity contribution >= 4 is 28.6 Å². The number of halogens is 6. The van der Waals surface area contributed by atoms with Gasteiger partial charge in [0.05, 0.1) is 12.7 Å². The first kappa shape index (κ1) is 15.9. The van der Waals surface area contributed by atoms with Crippen LogP contribution in [0, 0.1) is 3.70 Å². The normalized spacial score (nSPS) is 11.6. The van der Waals surface area contributed by atoms with Crippen LogP contribution in [0.2, 0.25) is 0 Å². The summed E-state index contributed by atoms with van der Waals surface area (Å²) >= 11 is 1.31. The molecule has 19 heavy (non-hydrogen) atoms. The van der Waals surface area contributed by atoms with Crippen molar-refractivity contribution in [3.63, 3.8) is 0 Å². The maximum Gasteiger partial charge on any atom is 0.574 e. The molecule has 1 aromatic rings. The molecule has 0 unspecified atom stereocenters. The van der Waals surface area contributed by atoms with Gasteiger partial charge in [-0.15, -0.1) is 13.2 Å². The van der Waals surface area contributed by atoms with E-state index < -0.39 is 39.5 Å². The lowest BCUT2D eigenvalue weighted by Gasteiger charge is -2.13. The molecule has 1 aromatic heterocycles. The van der Waals surface area contributed by atoms with E-state index in [0.29, 0.717) is 6.07 Å². The molecule has 0 saturated carbocycles. The number of ether oxygens (including phenoxy) is 2. The van der Waals surface area contributed by atoms with Crippen molar-refractivity contribution < 1.29 is 36.2 Å². The van der Waals surface area contributed by atoms with Crippen molar-refractivity contribution in [2.45, 2.75) is 12.8 Å². The highest BCUT2D eigenvalue weighted by molar-refractivity contribution is 14.1. The largest absolute Gasteiger partial charge is 0.574 e. The van der Waals surface area contributed by atoms with Crippen LogP contribution >= 0.6 is 22.6 Å². The highest BCUT2D eigenvalue weighted by Crippen LogP contribution is 2.31. The molecule has 0 aliphatic rings. The molecule has 0 aliphatic heterocycles. The molecule has 0 spiro atoms. The van der Waals surface area contributed by atoms with E-state index in [1.807, 2.05) is 0 Å². The first-order valence-electron chi connectivity index (χ1n) is 4.48. The summed E-state index contributed by atoms with van der Waals surface area (Å²) in [4.78, 5) is 14.5. The van der Waals surface area contributed by atoms with E-state index in [1.54, 1.807) is 0 Å². The Morgan fingerprint density at radius 1 is 1.42 bits per heavy atom. The third kappa shape index (κ3) is 4.14. The maximum atomic E-state index is 12.6. The number of rotatable bonds is 3. The quantitative estimate of drug-likeness (QED) is 0.340. The summed E-state index contributed by atoms with van der Waals surface area (Å²) in [5, 5.41) is 0. The molecule has 0 amide bonds. The number of esters is 1. The molecule has 0 aromatic carbocycles. The third-order valence-electron chi connectivity index (χ3n) is 1.82. The van der Waals surface area contributed by atoms with Gasteiger partial charge in [-0.25, -0.2) is 18.6 Å². The summed E-state index contributed by atoms with van der Waals surface area (Å²) < 4.78 is 68.8. The summed E-state index contributed by atoms with van der Waals surface area (Å²) in [5.41, 5.74) is -1.51. The zero-order valence-corrected chi connectivity index (χ0v) is 11.3. The van der Waals surface area contributed by atoms with Crippen molar-refractivity contribution in [3.05, 3.63) is 20.9 Å². The number of nitrogens with zero attached hydrogens (tertiary/aromatic N) is 1. The van der Waals surface area contributed by atoms with E-state index in [0.717, 1.165) is 7.11 Å². The topological polar surface area (TPSA) is 48.4 Å². The minimum Gasteiger partial charge on any atom is -0.465 e. The first-order chi connectivity index (χ1) is 8.65. The molecule has 1 heterocycles. The average molecular weight is 397 g/mol. The van der Waals surface area contributed by atoms with Crippen molar-refractivity contribution in [1.82, 2.24) is 4.98 Å². The van der Waals surface area contributed by atoms with Gasteiger partial charge in [0, 0.05) is 0 Å². The van der Waals surface area contributed by atoms with Gasteiger partial charge in [0.25, 0.3) is 6.43 Å². The molecular formula is C9H5F5INO3. The molecule has 106 valence electrons. The summed E-state index contributed by atoms with van der Waals surface area (Å²) in [6.07, 6.45) is -8.10. The Balaban J connectivity index is 3.36. The number of methoxy groups -OCH3 is 1. The summed E-state index contributed by atoms with van der Waals surface area (Å²) in [6, 6.07) is 0.562. The summed E-state index contributed by atoms with van der Waals surface area (Å²) in [7, 11) is 0.889. The van der Waals surface area contributed by atoms with Crippen LogP contribution in [0.4, 0.5) is 22.0 Å². The number of carbonyl (C=O) groups is 1. The smallest absolute Gasteiger partial charge is 0.465 e. The molecule has 0 saturated heterocycles. The number of alkyl halides is 5. The minimum absolute atomic E-state index is 0.403. The molecule has 0 bridgehead atoms. The Bertz CT molecular complexity index is 491. The van der Waals surface area contributed by atoms with E-state index in [1.165, 1.54) is 22.6 Å². The van der Waals surface area contributed by atoms with Gasteiger partial charge >= 0.3 is 12.3 Å². The van der Waals surface area contributed by atoms with E-state index >= 15 is 0 Å². The van der Waals surface area contributed by atoms with E-state index in [2.05, 4.69) is 14.5 Å². The zero-order chi connectivity index (χ0) is 14.8. The number of hydrogen-bond donors (Lipinski definition) is 0. The van der Waals surface area contributed by atoms with Crippen molar-refractivity contribution in [3.8, 4) is 5.88 Å². The molecule has 0 aliphatic carbocycles. The third-order valence-corrected chi connectivity index (χ3v) is 2.69. The molecule has 0 radical (unpaired) electrons. The minimum atomic E-state index is -5.11. The van der Waals surface area contributed by atoms with Gasteiger partial charge in [0.1, 0.15) is 9.26 Å². The van der Waals surface area contributed by atoms with Crippen LogP contribution in [0.5, 0.6) is 5.88 Å². The fourth-order valence-corrected chi connectivity index (χ4v) is 1.70. The number of carbonyl (C=O) groups excluding carboxylic acids is 1. The van der Waals surface area contributed by atoms with Crippen LogP contribution in [-0.2, 0) is 4.74 Å². The predicted molar refractivity (Wildman–Crippen MR) is 59.9 cm³/mol. The van der Waals surface area contributed by atoms with Crippen LogP contribution < -0.4 is 4.74 Å². The fourth-order valence-electron chi connectivity index (χ4n) is 1.09. The Kier molecular flexibility index (Phi) is 4.87. The van der Waals surface area contributed by atoms with Gasteiger partial charge in [-0.1, -0.05) is 0 Å². The molecule has 0 N–H and O–H groups in total. The van der Waals surface area contributed by atoms with Crippen LogP contribution in [0.1, 0.15) is 22.3 Å². The lowest BCUT2D eigenvalue weighted by molar-refractivity contribution is -0.276. The van der Waals surface area contributed by atoms with Crippen molar-refractivity contribution in [1.29, 1.82) is 0 Å². The molecule has 0 fully saturated rings. The second kappa shape index (κ2) is 5.84. The van der Waals surface area contributed by atoms with E-state index in [-0.39, 0.29) is 0 Å². The molecule has 10 heteroatoms. The van der Waals surface area contributed by atoms with Crippen LogP contribution in [0.25, 0.3) is 0 Å². The van der Waals surface area contributed by atoms with E-state index in [9.17, 15) is 26.7 Å². The average Bonchev–Trinajstić information content (AvgIpc) is 2.25. The first-order valence-corrected chi connectivity index (χ1v) is 5.56. The monoisotopic (exact) mass is 397 g/mol. The van der Waals surface area contributed by atoms with Gasteiger partial charge in [-0.3, -0.25) is 0 Å². The molecule has 4 nitrogen and oxygen atoms in total. The SMILES string of the molecule is COC(=O)c1cc(C(F)F)c(I)nc1OC(F)(F)F. The Hall–Kier alpha value is -1.20. The lowest BCUT2D eigenvalue weighted by Crippen LogP contribution is -2.21. The molecular weight excluding hydrogens is 392 g/mol. The standard InChI is InChI=1S/C9H5F5INO3/c1-18-8(17)4-2-3(5(10)11)6(15)16-7(4)19-9(12,13)14/h2,5H,1H3. The highest BCUT2D eigenvalue weighted by atomic mass is 127. The predicted octanol–water partition coefficient (Wildman–Crippen LogP) is 3.31. The molecule has 1 rings (SSSR count).